The molecular formula is H8AlGaMnSnZn. The van der Waals surface area contributed by atoms with Crippen molar-refractivity contribution in [3.8, 4) is 0 Å². The molecule has 27 valence electrons. The van der Waals surface area contributed by atoms with Gasteiger partial charge in [-0.1, -0.05) is 0 Å². The molecule has 0 unspecified atom stereocenters. The van der Waals surface area contributed by atoms with E-state index in [2.05, 4.69) is 0 Å². The van der Waals surface area contributed by atoms with Gasteiger partial charge in [0, 0.05) is 36.5 Å². The topological polar surface area (TPSA) is 0 Å². The van der Waals surface area contributed by atoms with E-state index in [1.807, 2.05) is 0 Å². The van der Waals surface area contributed by atoms with Gasteiger partial charge in [-0.25, -0.2) is 0 Å². The molecule has 0 aromatic rings. The summed E-state index contributed by atoms with van der Waals surface area (Å²) in [4.78, 5) is 0. The van der Waals surface area contributed by atoms with Crippen LogP contribution in [0.3, 0.4) is 0 Å². The van der Waals surface area contributed by atoms with Gasteiger partial charge >= 0.3 is 43.7 Å². The maximum absolute atomic E-state index is 0. The standard InChI is InChI=1S/Al.Ga.Mn.Sn.Zn.8H. The van der Waals surface area contributed by atoms with E-state index >= 15 is 0 Å². The second-order valence-corrected chi connectivity index (χ2v) is 0. The summed E-state index contributed by atoms with van der Waals surface area (Å²) in [5.41, 5.74) is 0. The third-order valence-corrected chi connectivity index (χ3v) is 0. The van der Waals surface area contributed by atoms with Gasteiger partial charge in [-0.15, -0.1) is 0 Å². The Morgan fingerprint density at radius 3 is 1.00 bits per heavy atom. The van der Waals surface area contributed by atoms with E-state index in [4.69, 9.17) is 0 Å². The average Bonchev–Trinajstić information content (AvgIpc) is 0. The van der Waals surface area contributed by atoms with Crippen molar-refractivity contribution in [3.63, 3.8) is 0 Å². The van der Waals surface area contributed by atoms with Crippen LogP contribution in [0, 0.1) is 0 Å². The van der Waals surface area contributed by atoms with Crippen molar-refractivity contribution in [1.82, 2.24) is 0 Å². The molecule has 0 aromatic heterocycles. The summed E-state index contributed by atoms with van der Waals surface area (Å²) in [6, 6.07) is 0. The van der Waals surface area contributed by atoms with Gasteiger partial charge in [0.05, 0.1) is 0 Å². The normalized spacial score (nSPS) is 0. The summed E-state index contributed by atoms with van der Waals surface area (Å²) in [6.07, 6.45) is 0. The van der Waals surface area contributed by atoms with E-state index in [9.17, 15) is 0 Å². The largest absolute Gasteiger partial charge is 0 e. The monoisotopic (exact) mass is 343 g/mol. The molecule has 0 saturated carbocycles. The molecule has 0 N–H and O–H groups in total. The summed E-state index contributed by atoms with van der Waals surface area (Å²) >= 11 is 0. The number of rotatable bonds is 0. The van der Waals surface area contributed by atoms with Gasteiger partial charge in [-0.2, -0.15) is 0 Å². The molecule has 0 spiro atoms. The average molecular weight is 344 g/mol. The van der Waals surface area contributed by atoms with Gasteiger partial charge in [0.15, 0.2) is 17.4 Å². The third-order valence-electron chi connectivity index (χ3n) is 0. The summed E-state index contributed by atoms with van der Waals surface area (Å²) in [6.45, 7) is 0. The molecule has 3 radical (unpaired) electrons. The third kappa shape index (κ3) is 19.2. The van der Waals surface area contributed by atoms with Crippen molar-refractivity contribution in [2.45, 2.75) is 0 Å². The molecule has 0 aromatic carbocycles. The molecule has 0 atom stereocenters. The van der Waals surface area contributed by atoms with Gasteiger partial charge in [-0.3, -0.25) is 0 Å². The molecule has 0 fully saturated rings. The summed E-state index contributed by atoms with van der Waals surface area (Å²) in [7, 11) is 0. The fourth-order valence-corrected chi connectivity index (χ4v) is 0. The quantitative estimate of drug-likeness (QED) is 0.405. The second-order valence-electron chi connectivity index (χ2n) is 0. The first-order valence-corrected chi connectivity index (χ1v) is 0. The Bertz CT molecular complexity index is 11.6. The van der Waals surface area contributed by atoms with E-state index < -0.39 is 0 Å². The fourth-order valence-electron chi connectivity index (χ4n) is 0. The van der Waals surface area contributed by atoms with Crippen molar-refractivity contribution in [1.29, 1.82) is 0 Å². The zero-order valence-electron chi connectivity index (χ0n) is 1.79. The maximum Gasteiger partial charge on any atom is 0 e. The molecule has 5 heavy (non-hydrogen) atoms. The SMILES string of the molecule is [AlH3].[GaH3].[Mn].[SnH2].[Zn]. The van der Waals surface area contributed by atoms with E-state index in [-0.39, 0.29) is 97.6 Å². The zero-order valence-corrected chi connectivity index (χ0v) is 9.98. The molecule has 0 amide bonds. The van der Waals surface area contributed by atoms with Crippen molar-refractivity contribution >= 4 is 61.1 Å². The maximum atomic E-state index is 0. The smallest absolute Gasteiger partial charge is 0 e. The predicted octanol–water partition coefficient (Wildman–Crippen LogP) is -3.29. The minimum absolute atomic E-state index is 0. The Kier molecular flexibility index (Phi) is 233. The van der Waals surface area contributed by atoms with Crippen LogP contribution in [0.25, 0.3) is 0 Å². The van der Waals surface area contributed by atoms with Crippen LogP contribution in [-0.2, 0) is 36.5 Å². The summed E-state index contributed by atoms with van der Waals surface area (Å²) in [5, 5.41) is 0. The first-order valence-electron chi connectivity index (χ1n) is 0. The van der Waals surface area contributed by atoms with Gasteiger partial charge in [0.1, 0.15) is 0 Å². The van der Waals surface area contributed by atoms with Gasteiger partial charge in [0.25, 0.3) is 0 Å². The van der Waals surface area contributed by atoms with Gasteiger partial charge in [0.2, 0.25) is 0 Å². The predicted molar refractivity (Wildman–Crippen MR) is 28.4 cm³/mol. The molecular weight excluding hydrogens is 336 g/mol. The minimum atomic E-state index is 0. The molecule has 5 heteroatoms. The molecule has 0 heterocycles. The fraction of sp³-hybridized carbons (Fsp3) is 0. The summed E-state index contributed by atoms with van der Waals surface area (Å²) in [5.74, 6) is 0. The van der Waals surface area contributed by atoms with Gasteiger partial charge in [-0.05, 0) is 0 Å². The summed E-state index contributed by atoms with van der Waals surface area (Å²) < 4.78 is 0. The molecule has 0 rings (SSSR count). The molecule has 0 aliphatic carbocycles. The van der Waals surface area contributed by atoms with Crippen molar-refractivity contribution in [3.05, 3.63) is 0 Å². The van der Waals surface area contributed by atoms with Crippen LogP contribution >= 0.6 is 0 Å². The second kappa shape index (κ2) is 27.4. The van der Waals surface area contributed by atoms with E-state index in [0.717, 1.165) is 0 Å². The molecule has 0 nitrogen and oxygen atoms in total. The van der Waals surface area contributed by atoms with Crippen LogP contribution in [0.5, 0.6) is 0 Å². The van der Waals surface area contributed by atoms with Crippen LogP contribution in [0.15, 0.2) is 0 Å². The Morgan fingerprint density at radius 2 is 1.00 bits per heavy atom. The minimum Gasteiger partial charge on any atom is 0 e. The number of hydrogen-bond acceptors (Lipinski definition) is 0. The first-order chi connectivity index (χ1) is 0. The Hall–Kier alpha value is 3.11. The van der Waals surface area contributed by atoms with E-state index in [1.54, 1.807) is 0 Å². The van der Waals surface area contributed by atoms with Crippen LogP contribution in [0.2, 0.25) is 0 Å². The Labute approximate surface area is 96.0 Å². The van der Waals surface area contributed by atoms with Crippen LogP contribution in [0.1, 0.15) is 0 Å². The van der Waals surface area contributed by atoms with Crippen LogP contribution in [-0.4, -0.2) is 61.1 Å². The van der Waals surface area contributed by atoms with Gasteiger partial charge < -0.3 is 0 Å². The first kappa shape index (κ1) is 42.4. The Morgan fingerprint density at radius 1 is 1.00 bits per heavy atom. The van der Waals surface area contributed by atoms with Crippen molar-refractivity contribution < 1.29 is 36.5 Å². The molecule has 0 saturated heterocycles. The molecule has 0 aliphatic rings. The van der Waals surface area contributed by atoms with E-state index in [1.165, 1.54) is 0 Å². The van der Waals surface area contributed by atoms with Crippen LogP contribution in [0.4, 0.5) is 0 Å². The molecule has 0 aliphatic heterocycles. The van der Waals surface area contributed by atoms with Crippen LogP contribution < -0.4 is 0 Å². The zero-order chi connectivity index (χ0) is 0. The number of hydrogen-bond donors (Lipinski definition) is 0. The van der Waals surface area contributed by atoms with Crippen molar-refractivity contribution in [2.24, 2.45) is 0 Å². The Balaban J connectivity index is 0. The van der Waals surface area contributed by atoms with E-state index in [0.29, 0.717) is 0 Å². The molecule has 0 bridgehead atoms. The van der Waals surface area contributed by atoms with Crippen molar-refractivity contribution in [2.75, 3.05) is 0 Å².